The fourth-order valence-electron chi connectivity index (χ4n) is 1.79. The Labute approximate surface area is 98.8 Å². The molecule has 0 saturated heterocycles. The van der Waals surface area contributed by atoms with Gasteiger partial charge in [0.1, 0.15) is 0 Å². The largest absolute Gasteiger partial charge is 0.384 e. The second-order valence-electron chi connectivity index (χ2n) is 4.09. The van der Waals surface area contributed by atoms with Gasteiger partial charge in [-0.1, -0.05) is 12.2 Å². The Hall–Kier alpha value is -1.13. The first-order valence-corrected chi connectivity index (χ1v) is 6.34. The fraction of sp³-hybridized carbons (Fsp3) is 0.417. The molecular weight excluding hydrogens is 222 g/mol. The van der Waals surface area contributed by atoms with Crippen molar-refractivity contribution in [3.8, 4) is 0 Å². The zero-order chi connectivity index (χ0) is 11.4. The topological polar surface area (TPSA) is 49.3 Å². The van der Waals surface area contributed by atoms with Crippen LogP contribution in [0.15, 0.2) is 29.0 Å². The molecule has 4 heteroatoms. The summed E-state index contributed by atoms with van der Waals surface area (Å²) in [5, 5.41) is 16.5. The van der Waals surface area contributed by atoms with Crippen LogP contribution < -0.4 is 5.32 Å². The molecule has 0 spiro atoms. The van der Waals surface area contributed by atoms with Crippen LogP contribution in [0.25, 0.3) is 0 Å². The normalized spacial score (nSPS) is 24.3. The van der Waals surface area contributed by atoms with Gasteiger partial charge in [-0.2, -0.15) is 11.3 Å². The molecule has 1 amide bonds. The summed E-state index contributed by atoms with van der Waals surface area (Å²) in [5.74, 6) is -0.117. The minimum absolute atomic E-state index is 0.117. The second-order valence-corrected chi connectivity index (χ2v) is 4.87. The van der Waals surface area contributed by atoms with E-state index in [1.807, 2.05) is 11.5 Å². The molecule has 2 N–H and O–H groups in total. The minimum atomic E-state index is -0.857. The Bertz CT molecular complexity index is 386. The third-order valence-electron chi connectivity index (χ3n) is 2.75. The van der Waals surface area contributed by atoms with Gasteiger partial charge in [-0.25, -0.2) is 0 Å². The number of thiophene rings is 1. The lowest BCUT2D eigenvalue weighted by atomic mass is 9.91. The molecule has 1 aliphatic carbocycles. The molecule has 0 saturated carbocycles. The summed E-state index contributed by atoms with van der Waals surface area (Å²) in [6.45, 7) is 0.290. The number of aliphatic hydroxyl groups is 1. The monoisotopic (exact) mass is 237 g/mol. The van der Waals surface area contributed by atoms with E-state index in [2.05, 4.69) is 5.32 Å². The minimum Gasteiger partial charge on any atom is -0.384 e. The van der Waals surface area contributed by atoms with E-state index in [9.17, 15) is 9.90 Å². The van der Waals surface area contributed by atoms with Gasteiger partial charge >= 0.3 is 0 Å². The van der Waals surface area contributed by atoms with Gasteiger partial charge in [-0.3, -0.25) is 4.79 Å². The van der Waals surface area contributed by atoms with Crippen molar-refractivity contribution >= 4 is 17.2 Å². The van der Waals surface area contributed by atoms with E-state index in [0.717, 1.165) is 12.8 Å². The van der Waals surface area contributed by atoms with E-state index in [0.29, 0.717) is 12.0 Å². The molecule has 0 bridgehead atoms. The molecular formula is C12H15NO2S. The maximum Gasteiger partial charge on any atom is 0.252 e. The smallest absolute Gasteiger partial charge is 0.252 e. The van der Waals surface area contributed by atoms with Crippen LogP contribution in [0, 0.1) is 0 Å². The molecule has 0 fully saturated rings. The Morgan fingerprint density at radius 2 is 2.50 bits per heavy atom. The van der Waals surface area contributed by atoms with Crippen molar-refractivity contribution in [1.29, 1.82) is 0 Å². The Balaban J connectivity index is 1.90. The molecule has 3 nitrogen and oxygen atoms in total. The third-order valence-corrected chi connectivity index (χ3v) is 3.43. The summed E-state index contributed by atoms with van der Waals surface area (Å²) in [5.41, 5.74) is -0.197. The average Bonchev–Trinajstić information content (AvgIpc) is 2.80. The number of nitrogens with one attached hydrogen (secondary N) is 1. The summed E-state index contributed by atoms with van der Waals surface area (Å²) in [4.78, 5) is 11.7. The van der Waals surface area contributed by atoms with Crippen molar-refractivity contribution in [1.82, 2.24) is 5.32 Å². The number of carbonyl (C=O) groups excluding carboxylic acids is 1. The SMILES string of the molecule is O=C(NC[C@]1(O)C=CCCC1)c1ccsc1. The number of rotatable bonds is 3. The lowest BCUT2D eigenvalue weighted by molar-refractivity contribution is 0.0660. The quantitative estimate of drug-likeness (QED) is 0.789. The highest BCUT2D eigenvalue weighted by Gasteiger charge is 2.25. The summed E-state index contributed by atoms with van der Waals surface area (Å²) < 4.78 is 0. The van der Waals surface area contributed by atoms with Gasteiger partial charge in [-0.15, -0.1) is 0 Å². The van der Waals surface area contributed by atoms with E-state index < -0.39 is 5.60 Å². The molecule has 0 aliphatic heterocycles. The Morgan fingerprint density at radius 3 is 3.12 bits per heavy atom. The van der Waals surface area contributed by atoms with Crippen molar-refractivity contribution < 1.29 is 9.90 Å². The van der Waals surface area contributed by atoms with Crippen molar-refractivity contribution in [2.45, 2.75) is 24.9 Å². The molecule has 86 valence electrons. The zero-order valence-electron chi connectivity index (χ0n) is 8.98. The summed E-state index contributed by atoms with van der Waals surface area (Å²) >= 11 is 1.49. The van der Waals surface area contributed by atoms with Crippen LogP contribution in [-0.2, 0) is 0 Å². The van der Waals surface area contributed by atoms with Crippen molar-refractivity contribution in [2.75, 3.05) is 6.54 Å². The van der Waals surface area contributed by atoms with Crippen molar-refractivity contribution in [3.05, 3.63) is 34.5 Å². The first-order valence-electron chi connectivity index (χ1n) is 5.40. The molecule has 1 aliphatic rings. The van der Waals surface area contributed by atoms with E-state index in [-0.39, 0.29) is 12.5 Å². The highest BCUT2D eigenvalue weighted by Crippen LogP contribution is 2.21. The molecule has 2 rings (SSSR count). The van der Waals surface area contributed by atoms with E-state index in [1.54, 1.807) is 17.5 Å². The average molecular weight is 237 g/mol. The van der Waals surface area contributed by atoms with Gasteiger partial charge in [0.2, 0.25) is 0 Å². The van der Waals surface area contributed by atoms with E-state index in [1.165, 1.54) is 11.3 Å². The first-order chi connectivity index (χ1) is 7.70. The third kappa shape index (κ3) is 2.71. The zero-order valence-corrected chi connectivity index (χ0v) is 9.80. The van der Waals surface area contributed by atoms with Gasteiger partial charge in [0.05, 0.1) is 12.1 Å². The van der Waals surface area contributed by atoms with E-state index >= 15 is 0 Å². The summed E-state index contributed by atoms with van der Waals surface area (Å²) in [7, 11) is 0. The van der Waals surface area contributed by atoms with Crippen molar-refractivity contribution in [2.24, 2.45) is 0 Å². The molecule has 1 aromatic heterocycles. The molecule has 0 radical (unpaired) electrons. The second kappa shape index (κ2) is 4.80. The van der Waals surface area contributed by atoms with Gasteiger partial charge in [0.15, 0.2) is 0 Å². The number of hydrogen-bond acceptors (Lipinski definition) is 3. The van der Waals surface area contributed by atoms with Crippen LogP contribution in [-0.4, -0.2) is 23.2 Å². The number of carbonyl (C=O) groups is 1. The molecule has 1 atom stereocenters. The van der Waals surface area contributed by atoms with Crippen LogP contribution in [0.3, 0.4) is 0 Å². The number of allylic oxidation sites excluding steroid dienone is 1. The highest BCUT2D eigenvalue weighted by atomic mass is 32.1. The predicted octanol–water partition coefficient (Wildman–Crippen LogP) is 1.95. The first kappa shape index (κ1) is 11.4. The van der Waals surface area contributed by atoms with Crippen LogP contribution in [0.1, 0.15) is 29.6 Å². The van der Waals surface area contributed by atoms with Gasteiger partial charge in [-0.05, 0) is 30.7 Å². The maximum absolute atomic E-state index is 11.7. The molecule has 1 aromatic rings. The maximum atomic E-state index is 11.7. The van der Waals surface area contributed by atoms with Crippen LogP contribution >= 0.6 is 11.3 Å². The lowest BCUT2D eigenvalue weighted by Crippen LogP contribution is -2.42. The number of hydrogen-bond donors (Lipinski definition) is 2. The van der Waals surface area contributed by atoms with Crippen LogP contribution in [0.4, 0.5) is 0 Å². The van der Waals surface area contributed by atoms with Crippen molar-refractivity contribution in [3.63, 3.8) is 0 Å². The van der Waals surface area contributed by atoms with Crippen LogP contribution in [0.2, 0.25) is 0 Å². The molecule has 1 heterocycles. The summed E-state index contributed by atoms with van der Waals surface area (Å²) in [6.07, 6.45) is 6.47. The fourth-order valence-corrected chi connectivity index (χ4v) is 2.42. The Morgan fingerprint density at radius 1 is 1.62 bits per heavy atom. The highest BCUT2D eigenvalue weighted by molar-refractivity contribution is 7.08. The summed E-state index contributed by atoms with van der Waals surface area (Å²) in [6, 6.07) is 1.78. The van der Waals surface area contributed by atoms with Gasteiger partial charge in [0, 0.05) is 10.9 Å². The lowest BCUT2D eigenvalue weighted by Gasteiger charge is -2.27. The van der Waals surface area contributed by atoms with E-state index in [4.69, 9.17) is 0 Å². The molecule has 16 heavy (non-hydrogen) atoms. The van der Waals surface area contributed by atoms with Gasteiger partial charge < -0.3 is 10.4 Å². The Kier molecular flexibility index (Phi) is 3.41. The number of amides is 1. The van der Waals surface area contributed by atoms with Gasteiger partial charge in [0.25, 0.3) is 5.91 Å². The predicted molar refractivity (Wildman–Crippen MR) is 64.6 cm³/mol. The standard InChI is InChI=1S/C12H15NO2S/c14-11(10-4-7-16-8-10)13-9-12(15)5-2-1-3-6-12/h2,4-5,7-8,15H,1,3,6,9H2,(H,13,14)/t12-/m0/s1. The molecule has 0 aromatic carbocycles. The van der Waals surface area contributed by atoms with Crippen LogP contribution in [0.5, 0.6) is 0 Å². The molecule has 0 unspecified atom stereocenters.